The number of carbonyl (C=O) groups excluding carboxylic acids is 1. The van der Waals surface area contributed by atoms with Gasteiger partial charge in [-0.2, -0.15) is 0 Å². The summed E-state index contributed by atoms with van der Waals surface area (Å²) in [4.78, 5) is 21.0. The zero-order valence-electron chi connectivity index (χ0n) is 17.4. The van der Waals surface area contributed by atoms with Crippen LogP contribution < -0.4 is 10.0 Å². The second-order valence-electron chi connectivity index (χ2n) is 8.01. The first kappa shape index (κ1) is 22.3. The zero-order chi connectivity index (χ0) is 20.7. The summed E-state index contributed by atoms with van der Waals surface area (Å²) in [5, 5.41) is 3.24. The van der Waals surface area contributed by atoms with Crippen molar-refractivity contribution in [2.75, 3.05) is 58.2 Å². The molecular formula is C19H35N5O4S. The van der Waals surface area contributed by atoms with Crippen LogP contribution in [0, 0.1) is 5.92 Å². The molecule has 2 saturated heterocycles. The summed E-state index contributed by atoms with van der Waals surface area (Å²) in [7, 11) is -3.29. The molecule has 0 aromatic rings. The number of amides is 1. The Bertz CT molecular complexity index is 666. The molecule has 2 heterocycles. The predicted octanol–water partition coefficient (Wildman–Crippen LogP) is -0.00540. The molecule has 1 aliphatic carbocycles. The second-order valence-corrected chi connectivity index (χ2v) is 9.94. The minimum Gasteiger partial charge on any atom is -0.368 e. The van der Waals surface area contributed by atoms with Crippen molar-refractivity contribution in [3.63, 3.8) is 0 Å². The highest BCUT2D eigenvalue weighted by Gasteiger charge is 2.31. The molecule has 10 heteroatoms. The standard InChI is InChI=1S/C19H35N5O4S/c1-2-20-19(21-8-14-29(26,27)22-15-16-5-3-6-16)24-11-9-23(10-12-24)18(25)17-7-4-13-28-17/h16-17,22H,2-15H2,1H3,(H,20,21). The monoisotopic (exact) mass is 429 g/mol. The maximum atomic E-state index is 12.5. The molecule has 0 spiro atoms. The Labute approximate surface area is 174 Å². The van der Waals surface area contributed by atoms with Gasteiger partial charge in [-0.3, -0.25) is 9.79 Å². The second kappa shape index (κ2) is 10.6. The van der Waals surface area contributed by atoms with Gasteiger partial charge in [-0.25, -0.2) is 13.1 Å². The number of nitrogens with zero attached hydrogens (tertiary/aromatic N) is 3. The molecule has 166 valence electrons. The molecule has 0 aromatic heterocycles. The molecule has 0 aromatic carbocycles. The largest absolute Gasteiger partial charge is 0.368 e. The fraction of sp³-hybridized carbons (Fsp3) is 0.895. The quantitative estimate of drug-likeness (QED) is 0.416. The van der Waals surface area contributed by atoms with Gasteiger partial charge in [0.25, 0.3) is 5.91 Å². The summed E-state index contributed by atoms with van der Waals surface area (Å²) in [6.07, 6.45) is 4.92. The highest BCUT2D eigenvalue weighted by Crippen LogP contribution is 2.25. The molecule has 3 aliphatic rings. The van der Waals surface area contributed by atoms with Gasteiger partial charge in [-0.15, -0.1) is 0 Å². The topological polar surface area (TPSA) is 103 Å². The molecule has 2 aliphatic heterocycles. The van der Waals surface area contributed by atoms with Crippen molar-refractivity contribution in [2.45, 2.75) is 45.1 Å². The van der Waals surface area contributed by atoms with E-state index in [0.29, 0.717) is 57.8 Å². The summed E-state index contributed by atoms with van der Waals surface area (Å²) in [6, 6.07) is 0. The van der Waals surface area contributed by atoms with E-state index < -0.39 is 10.0 Å². The highest BCUT2D eigenvalue weighted by atomic mass is 32.2. The van der Waals surface area contributed by atoms with E-state index in [4.69, 9.17) is 4.74 Å². The van der Waals surface area contributed by atoms with Crippen LogP contribution in [0.1, 0.15) is 39.0 Å². The fourth-order valence-electron chi connectivity index (χ4n) is 3.83. The predicted molar refractivity (Wildman–Crippen MR) is 112 cm³/mol. The number of hydrogen-bond donors (Lipinski definition) is 2. The Morgan fingerprint density at radius 1 is 1.10 bits per heavy atom. The lowest BCUT2D eigenvalue weighted by atomic mass is 9.86. The Balaban J connectivity index is 1.45. The van der Waals surface area contributed by atoms with Gasteiger partial charge >= 0.3 is 0 Å². The Morgan fingerprint density at radius 3 is 2.41 bits per heavy atom. The van der Waals surface area contributed by atoms with Crippen molar-refractivity contribution < 1.29 is 17.9 Å². The van der Waals surface area contributed by atoms with E-state index in [1.165, 1.54) is 6.42 Å². The van der Waals surface area contributed by atoms with Gasteiger partial charge in [-0.1, -0.05) is 6.42 Å². The van der Waals surface area contributed by atoms with E-state index in [9.17, 15) is 13.2 Å². The Kier molecular flexibility index (Phi) is 8.14. The van der Waals surface area contributed by atoms with Crippen LogP contribution in [-0.4, -0.2) is 94.4 Å². The fourth-order valence-corrected chi connectivity index (χ4v) is 4.79. The van der Waals surface area contributed by atoms with Crippen LogP contribution in [0.5, 0.6) is 0 Å². The van der Waals surface area contributed by atoms with Crippen LogP contribution in [0.25, 0.3) is 0 Å². The zero-order valence-corrected chi connectivity index (χ0v) is 18.3. The smallest absolute Gasteiger partial charge is 0.251 e. The minimum absolute atomic E-state index is 0.00785. The number of sulfonamides is 1. The van der Waals surface area contributed by atoms with Gasteiger partial charge < -0.3 is 19.9 Å². The number of rotatable bonds is 8. The van der Waals surface area contributed by atoms with Crippen LogP contribution in [-0.2, 0) is 19.6 Å². The SMILES string of the molecule is CCNC(=NCCS(=O)(=O)NCC1CCC1)N1CCN(C(=O)C2CCCO2)CC1. The van der Waals surface area contributed by atoms with E-state index in [1.54, 1.807) is 0 Å². The van der Waals surface area contributed by atoms with Crippen molar-refractivity contribution in [3.8, 4) is 0 Å². The first-order valence-corrected chi connectivity index (χ1v) is 12.5. The van der Waals surface area contributed by atoms with E-state index in [1.807, 2.05) is 11.8 Å². The molecular weight excluding hydrogens is 394 g/mol. The first-order valence-electron chi connectivity index (χ1n) is 10.9. The van der Waals surface area contributed by atoms with Crippen molar-refractivity contribution in [1.82, 2.24) is 19.8 Å². The van der Waals surface area contributed by atoms with Gasteiger partial charge in [0.1, 0.15) is 6.10 Å². The summed E-state index contributed by atoms with van der Waals surface area (Å²) in [6.45, 7) is 6.75. The molecule has 2 N–H and O–H groups in total. The maximum absolute atomic E-state index is 12.5. The molecule has 1 unspecified atom stereocenters. The summed E-state index contributed by atoms with van der Waals surface area (Å²) >= 11 is 0. The summed E-state index contributed by atoms with van der Waals surface area (Å²) in [5.74, 6) is 1.30. The van der Waals surface area contributed by atoms with Gasteiger partial charge in [0.05, 0.1) is 12.3 Å². The van der Waals surface area contributed by atoms with E-state index >= 15 is 0 Å². The van der Waals surface area contributed by atoms with Gasteiger partial charge in [0.2, 0.25) is 10.0 Å². The maximum Gasteiger partial charge on any atom is 0.251 e. The van der Waals surface area contributed by atoms with E-state index in [-0.39, 0.29) is 24.3 Å². The average Bonchev–Trinajstić information content (AvgIpc) is 3.20. The lowest BCUT2D eigenvalue weighted by Gasteiger charge is -2.37. The number of guanidine groups is 1. The number of aliphatic imine (C=N–C) groups is 1. The third-order valence-corrected chi connectivity index (χ3v) is 7.20. The molecule has 3 rings (SSSR count). The van der Waals surface area contributed by atoms with Crippen LogP contribution >= 0.6 is 0 Å². The normalized spacial score (nSPS) is 23.9. The van der Waals surface area contributed by atoms with Crippen LogP contribution in [0.4, 0.5) is 0 Å². The van der Waals surface area contributed by atoms with Crippen LogP contribution in [0.15, 0.2) is 4.99 Å². The van der Waals surface area contributed by atoms with Crippen LogP contribution in [0.3, 0.4) is 0 Å². The molecule has 0 bridgehead atoms. The highest BCUT2D eigenvalue weighted by molar-refractivity contribution is 7.89. The molecule has 1 saturated carbocycles. The number of carbonyl (C=O) groups is 1. The van der Waals surface area contributed by atoms with Crippen molar-refractivity contribution in [3.05, 3.63) is 0 Å². The molecule has 0 radical (unpaired) electrons. The number of ether oxygens (including phenoxy) is 1. The third-order valence-electron chi connectivity index (χ3n) is 5.87. The number of hydrogen-bond acceptors (Lipinski definition) is 5. The van der Waals surface area contributed by atoms with Crippen molar-refractivity contribution >= 4 is 21.9 Å². The number of nitrogens with one attached hydrogen (secondary N) is 2. The molecule has 9 nitrogen and oxygen atoms in total. The van der Waals surface area contributed by atoms with Gasteiger partial charge in [-0.05, 0) is 38.5 Å². The molecule has 29 heavy (non-hydrogen) atoms. The van der Waals surface area contributed by atoms with Gasteiger partial charge in [0.15, 0.2) is 5.96 Å². The Morgan fingerprint density at radius 2 is 1.83 bits per heavy atom. The first-order chi connectivity index (χ1) is 14.0. The summed E-state index contributed by atoms with van der Waals surface area (Å²) < 4.78 is 32.5. The van der Waals surface area contributed by atoms with Gasteiger partial charge in [0, 0.05) is 45.9 Å². The average molecular weight is 430 g/mol. The van der Waals surface area contributed by atoms with E-state index in [2.05, 4.69) is 19.9 Å². The lowest BCUT2D eigenvalue weighted by molar-refractivity contribution is -0.142. The molecule has 3 fully saturated rings. The van der Waals surface area contributed by atoms with Crippen molar-refractivity contribution in [2.24, 2.45) is 10.9 Å². The number of piperazine rings is 1. The van der Waals surface area contributed by atoms with E-state index in [0.717, 1.165) is 25.7 Å². The minimum atomic E-state index is -3.29. The summed E-state index contributed by atoms with van der Waals surface area (Å²) in [5.41, 5.74) is 0. The third kappa shape index (κ3) is 6.55. The van der Waals surface area contributed by atoms with Crippen LogP contribution in [0.2, 0.25) is 0 Å². The van der Waals surface area contributed by atoms with Crippen molar-refractivity contribution in [1.29, 1.82) is 0 Å². The lowest BCUT2D eigenvalue weighted by Crippen LogP contribution is -2.55. The molecule has 1 atom stereocenters. The molecule has 1 amide bonds. The Hall–Kier alpha value is -1.39.